The van der Waals surface area contributed by atoms with E-state index in [9.17, 15) is 0 Å². The first kappa shape index (κ1) is 10.8. The highest BCUT2D eigenvalue weighted by Crippen LogP contribution is 2.12. The van der Waals surface area contributed by atoms with Crippen molar-refractivity contribution in [1.82, 2.24) is 0 Å². The van der Waals surface area contributed by atoms with Crippen molar-refractivity contribution >= 4 is 0 Å². The van der Waals surface area contributed by atoms with Crippen LogP contribution in [0.1, 0.15) is 13.8 Å². The van der Waals surface area contributed by atoms with Crippen LogP contribution in [0.2, 0.25) is 0 Å². The zero-order valence-electron chi connectivity index (χ0n) is 8.18. The molecule has 0 unspecified atom stereocenters. The largest absolute Gasteiger partial charge is 0.493 e. The predicted octanol–water partition coefficient (Wildman–Crippen LogP) is 2.64. The molecule has 0 aromatic rings. The highest BCUT2D eigenvalue weighted by atomic mass is 16.5. The summed E-state index contributed by atoms with van der Waals surface area (Å²) in [6, 6.07) is 0. The Morgan fingerprint density at radius 2 is 1.67 bits per heavy atom. The van der Waals surface area contributed by atoms with E-state index in [0.717, 1.165) is 11.3 Å². The van der Waals surface area contributed by atoms with E-state index in [4.69, 9.17) is 9.47 Å². The van der Waals surface area contributed by atoms with Gasteiger partial charge in [0.15, 0.2) is 11.5 Å². The Balaban J connectivity index is 4.65. The lowest BCUT2D eigenvalue weighted by atomic mass is 10.2. The van der Waals surface area contributed by atoms with E-state index in [1.165, 1.54) is 0 Å². The Morgan fingerprint density at radius 3 is 1.92 bits per heavy atom. The molecule has 0 aliphatic carbocycles. The van der Waals surface area contributed by atoms with Gasteiger partial charge in [0.25, 0.3) is 0 Å². The summed E-state index contributed by atoms with van der Waals surface area (Å²) in [6.07, 6.45) is 3.68. The van der Waals surface area contributed by atoms with Gasteiger partial charge in [-0.15, -0.1) is 0 Å². The Hall–Kier alpha value is -1.18. The van der Waals surface area contributed by atoms with Gasteiger partial charge in [-0.1, -0.05) is 12.2 Å². The van der Waals surface area contributed by atoms with E-state index < -0.39 is 0 Å². The van der Waals surface area contributed by atoms with Crippen LogP contribution in [-0.4, -0.2) is 14.2 Å². The number of ether oxygens (including phenoxy) is 2. The fraction of sp³-hybridized carbons (Fsp3) is 0.400. The molecule has 0 heterocycles. The van der Waals surface area contributed by atoms with E-state index in [1.807, 2.05) is 26.0 Å². The zero-order valence-corrected chi connectivity index (χ0v) is 8.18. The van der Waals surface area contributed by atoms with Gasteiger partial charge in [-0.2, -0.15) is 0 Å². The third-order valence-corrected chi connectivity index (χ3v) is 1.32. The lowest BCUT2D eigenvalue weighted by molar-refractivity contribution is 0.219. The highest BCUT2D eigenvalue weighted by molar-refractivity contribution is 5.27. The molecule has 0 saturated carbocycles. The molecule has 0 aromatic heterocycles. The van der Waals surface area contributed by atoms with Gasteiger partial charge in [0.05, 0.1) is 14.2 Å². The normalized spacial score (nSPS) is 12.7. The van der Waals surface area contributed by atoms with Crippen molar-refractivity contribution < 1.29 is 9.47 Å². The van der Waals surface area contributed by atoms with Crippen LogP contribution in [0.4, 0.5) is 0 Å². The fourth-order valence-corrected chi connectivity index (χ4v) is 0.815. The molecule has 0 amide bonds. The van der Waals surface area contributed by atoms with Crippen LogP contribution in [0.3, 0.4) is 0 Å². The van der Waals surface area contributed by atoms with Crippen LogP contribution >= 0.6 is 0 Å². The third kappa shape index (κ3) is 3.28. The summed E-state index contributed by atoms with van der Waals surface area (Å²) in [6.45, 7) is 7.55. The van der Waals surface area contributed by atoms with Gasteiger partial charge in [0.2, 0.25) is 0 Å². The molecule has 0 aromatic carbocycles. The molecule has 2 nitrogen and oxygen atoms in total. The van der Waals surface area contributed by atoms with Crippen molar-refractivity contribution in [2.75, 3.05) is 14.2 Å². The topological polar surface area (TPSA) is 18.5 Å². The predicted molar refractivity (Wildman–Crippen MR) is 50.7 cm³/mol. The summed E-state index contributed by atoms with van der Waals surface area (Å²) < 4.78 is 10.2. The first-order valence-electron chi connectivity index (χ1n) is 3.77. The summed E-state index contributed by atoms with van der Waals surface area (Å²) in [5.41, 5.74) is 0.934. The second-order valence-corrected chi connectivity index (χ2v) is 2.42. The van der Waals surface area contributed by atoms with Crippen LogP contribution < -0.4 is 0 Å². The molecule has 0 fully saturated rings. The minimum absolute atomic E-state index is 0.701. The van der Waals surface area contributed by atoms with E-state index in [-0.39, 0.29) is 0 Å². The molecule has 0 atom stereocenters. The molecule has 0 saturated heterocycles. The summed E-state index contributed by atoms with van der Waals surface area (Å²) in [5, 5.41) is 0. The molecule has 0 spiro atoms. The van der Waals surface area contributed by atoms with Gasteiger partial charge < -0.3 is 9.47 Å². The van der Waals surface area contributed by atoms with Crippen molar-refractivity contribution in [3.05, 3.63) is 35.8 Å². The Morgan fingerprint density at radius 1 is 1.17 bits per heavy atom. The van der Waals surface area contributed by atoms with Crippen LogP contribution in [0.25, 0.3) is 0 Å². The minimum atomic E-state index is 0.701. The molecule has 0 bridgehead atoms. The van der Waals surface area contributed by atoms with E-state index >= 15 is 0 Å². The Kier molecular flexibility index (Phi) is 4.93. The van der Waals surface area contributed by atoms with Crippen molar-refractivity contribution in [2.24, 2.45) is 0 Å². The molecule has 0 N–H and O–H groups in total. The van der Waals surface area contributed by atoms with Crippen LogP contribution in [0, 0.1) is 0 Å². The maximum atomic E-state index is 5.11. The number of hydrogen-bond acceptors (Lipinski definition) is 2. The second-order valence-electron chi connectivity index (χ2n) is 2.42. The van der Waals surface area contributed by atoms with Gasteiger partial charge in [-0.25, -0.2) is 0 Å². The molecule has 0 radical (unpaired) electrons. The fourth-order valence-electron chi connectivity index (χ4n) is 0.815. The number of allylic oxidation sites excluding steroid dienone is 3. The molecule has 2 heteroatoms. The van der Waals surface area contributed by atoms with E-state index in [0.29, 0.717) is 5.76 Å². The van der Waals surface area contributed by atoms with Crippen molar-refractivity contribution in [1.29, 1.82) is 0 Å². The van der Waals surface area contributed by atoms with Crippen molar-refractivity contribution in [3.8, 4) is 0 Å². The summed E-state index contributed by atoms with van der Waals surface area (Å²) in [4.78, 5) is 0. The third-order valence-electron chi connectivity index (χ3n) is 1.32. The molecule has 0 aliphatic heterocycles. The quantitative estimate of drug-likeness (QED) is 0.474. The minimum Gasteiger partial charge on any atom is -0.493 e. The van der Waals surface area contributed by atoms with Crippen molar-refractivity contribution in [2.45, 2.75) is 13.8 Å². The second kappa shape index (κ2) is 5.47. The highest BCUT2D eigenvalue weighted by Gasteiger charge is 2.02. The maximum absolute atomic E-state index is 5.11. The number of rotatable bonds is 4. The molecular weight excluding hydrogens is 152 g/mol. The summed E-state index contributed by atoms with van der Waals surface area (Å²) in [5.74, 6) is 1.42. The smallest absolute Gasteiger partial charge is 0.160 e. The molecular formula is C10H16O2. The van der Waals surface area contributed by atoms with Crippen LogP contribution in [0.15, 0.2) is 35.8 Å². The monoisotopic (exact) mass is 168 g/mol. The van der Waals surface area contributed by atoms with Crippen molar-refractivity contribution in [3.63, 3.8) is 0 Å². The lowest BCUT2D eigenvalue weighted by Gasteiger charge is -2.08. The van der Waals surface area contributed by atoms with Gasteiger partial charge >= 0.3 is 0 Å². The maximum Gasteiger partial charge on any atom is 0.160 e. The number of methoxy groups -OCH3 is 2. The average molecular weight is 168 g/mol. The van der Waals surface area contributed by atoms with Gasteiger partial charge in [-0.3, -0.25) is 0 Å². The van der Waals surface area contributed by atoms with E-state index in [2.05, 4.69) is 6.58 Å². The Labute approximate surface area is 74.2 Å². The molecule has 0 aliphatic rings. The average Bonchev–Trinajstić information content (AvgIpc) is 2.04. The van der Waals surface area contributed by atoms with E-state index in [1.54, 1.807) is 14.2 Å². The first-order chi connectivity index (χ1) is 5.65. The van der Waals surface area contributed by atoms with Crippen LogP contribution in [-0.2, 0) is 9.47 Å². The standard InChI is InChI=1S/C10H16O2/c1-6-9(11-4)10(12-5)7-8(2)3/h6-7H,2H2,1,3-5H3. The van der Waals surface area contributed by atoms with Gasteiger partial charge in [0.1, 0.15) is 0 Å². The zero-order chi connectivity index (χ0) is 9.56. The molecule has 68 valence electrons. The number of hydrogen-bond donors (Lipinski definition) is 0. The summed E-state index contributed by atoms with van der Waals surface area (Å²) >= 11 is 0. The Bertz CT molecular complexity index is 212. The lowest BCUT2D eigenvalue weighted by Crippen LogP contribution is -1.95. The molecule has 12 heavy (non-hydrogen) atoms. The first-order valence-corrected chi connectivity index (χ1v) is 3.77. The SMILES string of the molecule is C=C(C)C=C(OC)C(=CC)OC. The summed E-state index contributed by atoms with van der Waals surface area (Å²) in [7, 11) is 3.22. The van der Waals surface area contributed by atoms with Gasteiger partial charge in [0, 0.05) is 0 Å². The molecule has 0 rings (SSSR count). The van der Waals surface area contributed by atoms with Crippen LogP contribution in [0.5, 0.6) is 0 Å². The van der Waals surface area contributed by atoms with Gasteiger partial charge in [-0.05, 0) is 26.0 Å².